The number of phenolic OH excluding ortho intramolecular Hbond substituents is 1. The van der Waals surface area contributed by atoms with Gasteiger partial charge in [-0.25, -0.2) is 0 Å². The molecular formula is C18H18BrN3O2. The molecule has 0 fully saturated rings. The summed E-state index contributed by atoms with van der Waals surface area (Å²) in [6.07, 6.45) is 1.83. The van der Waals surface area contributed by atoms with E-state index in [1.54, 1.807) is 19.2 Å². The number of halogens is 1. The third-order valence-corrected chi connectivity index (χ3v) is 4.97. The summed E-state index contributed by atoms with van der Waals surface area (Å²) in [7, 11) is 1.75. The second kappa shape index (κ2) is 6.28. The molecule has 0 aliphatic heterocycles. The molecule has 124 valence electrons. The molecule has 3 rings (SSSR count). The van der Waals surface area contributed by atoms with Gasteiger partial charge >= 0.3 is 0 Å². The monoisotopic (exact) mass is 387 g/mol. The van der Waals surface area contributed by atoms with Crippen LogP contribution in [0, 0.1) is 20.8 Å². The lowest BCUT2D eigenvalue weighted by Gasteiger charge is -2.12. The molecule has 5 nitrogen and oxygen atoms in total. The van der Waals surface area contributed by atoms with E-state index in [2.05, 4.69) is 30.6 Å². The molecular weight excluding hydrogens is 370 g/mol. The van der Waals surface area contributed by atoms with Crippen LogP contribution in [0.15, 0.2) is 38.3 Å². The van der Waals surface area contributed by atoms with Crippen LogP contribution in [-0.4, -0.2) is 28.1 Å². The van der Waals surface area contributed by atoms with Crippen LogP contribution in [0.4, 0.5) is 0 Å². The Bertz CT molecular complexity index is 901. The first-order valence-corrected chi connectivity index (χ1v) is 8.30. The first kappa shape index (κ1) is 16.5. The Kier molecular flexibility index (Phi) is 4.32. The molecule has 0 radical (unpaired) electrons. The van der Waals surface area contributed by atoms with Gasteiger partial charge in [0.05, 0.1) is 11.4 Å². The lowest BCUT2D eigenvalue weighted by molar-refractivity contribution is 0.393. The Morgan fingerprint density at radius 3 is 2.42 bits per heavy atom. The van der Waals surface area contributed by atoms with E-state index in [1.165, 1.54) is 0 Å². The number of hydrogen-bond donors (Lipinski definition) is 1. The molecule has 0 spiro atoms. The zero-order valence-corrected chi connectivity index (χ0v) is 15.5. The quantitative estimate of drug-likeness (QED) is 0.669. The van der Waals surface area contributed by atoms with Gasteiger partial charge in [-0.2, -0.15) is 0 Å². The molecule has 2 heterocycles. The predicted molar refractivity (Wildman–Crippen MR) is 98.4 cm³/mol. The molecule has 2 aromatic heterocycles. The minimum absolute atomic E-state index is 0.234. The fourth-order valence-electron chi connectivity index (χ4n) is 2.86. The van der Waals surface area contributed by atoms with E-state index in [0.29, 0.717) is 0 Å². The van der Waals surface area contributed by atoms with E-state index >= 15 is 0 Å². The van der Waals surface area contributed by atoms with Crippen LogP contribution in [0.3, 0.4) is 0 Å². The van der Waals surface area contributed by atoms with E-state index in [9.17, 15) is 5.11 Å². The molecule has 3 aromatic rings. The summed E-state index contributed by atoms with van der Waals surface area (Å²) in [5, 5.41) is 13.7. The second-order valence-electron chi connectivity index (χ2n) is 5.62. The number of aryl methyl sites for hydroxylation is 2. The number of aromatic hydroxyl groups is 1. The Labute approximate surface area is 148 Å². The van der Waals surface area contributed by atoms with Crippen LogP contribution < -0.4 is 0 Å². The van der Waals surface area contributed by atoms with Gasteiger partial charge in [0.25, 0.3) is 0 Å². The van der Waals surface area contributed by atoms with E-state index in [4.69, 9.17) is 4.52 Å². The average molecular weight is 388 g/mol. The largest absolute Gasteiger partial charge is 0.508 e. The van der Waals surface area contributed by atoms with Gasteiger partial charge in [-0.05, 0) is 72.1 Å². The summed E-state index contributed by atoms with van der Waals surface area (Å²) in [5.74, 6) is 0.971. The zero-order valence-electron chi connectivity index (χ0n) is 14.0. The van der Waals surface area contributed by atoms with E-state index in [-0.39, 0.29) is 5.75 Å². The first-order chi connectivity index (χ1) is 11.5. The van der Waals surface area contributed by atoms with Crippen molar-refractivity contribution in [2.75, 3.05) is 7.05 Å². The van der Waals surface area contributed by atoms with Crippen molar-refractivity contribution < 1.29 is 9.63 Å². The van der Waals surface area contributed by atoms with Gasteiger partial charge in [-0.1, -0.05) is 5.16 Å². The molecule has 0 unspecified atom stereocenters. The van der Waals surface area contributed by atoms with Crippen LogP contribution in [0.2, 0.25) is 0 Å². The van der Waals surface area contributed by atoms with Crippen LogP contribution in [0.5, 0.6) is 5.75 Å². The van der Waals surface area contributed by atoms with E-state index in [0.717, 1.165) is 44.1 Å². The fraction of sp³-hybridized carbons (Fsp3) is 0.222. The highest BCUT2D eigenvalue weighted by Gasteiger charge is 2.24. The summed E-state index contributed by atoms with van der Waals surface area (Å²) < 4.78 is 8.44. The summed E-state index contributed by atoms with van der Waals surface area (Å²) in [6.45, 7) is 5.86. The lowest BCUT2D eigenvalue weighted by atomic mass is 10.1. The summed E-state index contributed by atoms with van der Waals surface area (Å²) >= 11 is 3.72. The fourth-order valence-corrected chi connectivity index (χ4v) is 3.47. The van der Waals surface area contributed by atoms with Gasteiger partial charge in [-0.3, -0.25) is 4.99 Å². The molecule has 1 N–H and O–H groups in total. The highest BCUT2D eigenvalue weighted by molar-refractivity contribution is 9.10. The zero-order chi connectivity index (χ0) is 17.4. The number of aliphatic imine (C=N–C) groups is 1. The molecule has 0 saturated carbocycles. The van der Waals surface area contributed by atoms with Gasteiger partial charge in [-0.15, -0.1) is 0 Å². The van der Waals surface area contributed by atoms with Crippen molar-refractivity contribution in [1.82, 2.24) is 9.72 Å². The number of aromatic nitrogens is 2. The smallest absolute Gasteiger partial charge is 0.157 e. The summed E-state index contributed by atoms with van der Waals surface area (Å²) in [4.78, 5) is 4.20. The molecule has 24 heavy (non-hydrogen) atoms. The van der Waals surface area contributed by atoms with Gasteiger partial charge in [0.1, 0.15) is 17.1 Å². The van der Waals surface area contributed by atoms with Gasteiger partial charge in [0.15, 0.2) is 5.76 Å². The Morgan fingerprint density at radius 2 is 1.88 bits per heavy atom. The molecule has 0 amide bonds. The van der Waals surface area contributed by atoms with Gasteiger partial charge < -0.3 is 14.2 Å². The Morgan fingerprint density at radius 1 is 1.21 bits per heavy atom. The minimum Gasteiger partial charge on any atom is -0.508 e. The Balaban J connectivity index is 2.41. The lowest BCUT2D eigenvalue weighted by Crippen LogP contribution is -2.04. The van der Waals surface area contributed by atoms with Crippen molar-refractivity contribution >= 4 is 22.1 Å². The van der Waals surface area contributed by atoms with Crippen LogP contribution in [-0.2, 0) is 0 Å². The minimum atomic E-state index is 0.234. The van der Waals surface area contributed by atoms with Crippen molar-refractivity contribution in [3.8, 4) is 22.7 Å². The van der Waals surface area contributed by atoms with Gasteiger partial charge in [0, 0.05) is 17.7 Å². The maximum absolute atomic E-state index is 9.59. The topological polar surface area (TPSA) is 63.6 Å². The Hall–Kier alpha value is -2.34. The van der Waals surface area contributed by atoms with Crippen molar-refractivity contribution in [2.24, 2.45) is 4.99 Å². The molecule has 0 bridgehead atoms. The third kappa shape index (κ3) is 2.57. The van der Waals surface area contributed by atoms with Crippen LogP contribution >= 0.6 is 15.9 Å². The molecule has 1 aromatic carbocycles. The predicted octanol–water partition coefficient (Wildman–Crippen LogP) is 4.57. The molecule has 0 saturated heterocycles. The van der Waals surface area contributed by atoms with Crippen LogP contribution in [0.25, 0.3) is 16.9 Å². The van der Waals surface area contributed by atoms with E-state index in [1.807, 2.05) is 39.1 Å². The molecule has 6 heteroatoms. The summed E-state index contributed by atoms with van der Waals surface area (Å²) in [6, 6.07) is 7.12. The van der Waals surface area contributed by atoms with Crippen molar-refractivity contribution in [1.29, 1.82) is 0 Å². The number of nitrogens with zero attached hydrogens (tertiary/aromatic N) is 3. The first-order valence-electron chi connectivity index (χ1n) is 7.51. The molecule has 0 aliphatic carbocycles. The normalized spacial score (nSPS) is 11.5. The number of rotatable bonds is 3. The molecule has 0 atom stereocenters. The van der Waals surface area contributed by atoms with Crippen molar-refractivity contribution in [2.45, 2.75) is 20.8 Å². The molecule has 0 aliphatic rings. The van der Waals surface area contributed by atoms with E-state index < -0.39 is 0 Å². The highest BCUT2D eigenvalue weighted by Crippen LogP contribution is 2.39. The second-order valence-corrected chi connectivity index (χ2v) is 6.41. The number of hydrogen-bond acceptors (Lipinski definition) is 4. The maximum atomic E-state index is 9.59. The SMILES string of the molecule is CN=Cc1c(C)c(Br)c(-c2ccc(O)cc2)n1-c1c(C)noc1C. The van der Waals surface area contributed by atoms with Gasteiger partial charge in [0.2, 0.25) is 0 Å². The van der Waals surface area contributed by atoms with Crippen LogP contribution in [0.1, 0.15) is 22.7 Å². The van der Waals surface area contributed by atoms with Crippen molar-refractivity contribution in [3.05, 3.63) is 51.4 Å². The standard InChI is InChI=1S/C18H18BrN3O2/c1-10-15(9-20-4)22(17-11(2)21-24-12(17)3)18(16(10)19)13-5-7-14(23)8-6-13/h5-9,23H,1-4H3. The number of benzene rings is 1. The van der Waals surface area contributed by atoms with Crippen molar-refractivity contribution in [3.63, 3.8) is 0 Å². The third-order valence-electron chi connectivity index (χ3n) is 4.00. The summed E-state index contributed by atoms with van der Waals surface area (Å²) in [5.41, 5.74) is 5.68. The average Bonchev–Trinajstić information content (AvgIpc) is 3.00. The number of phenols is 1. The highest BCUT2D eigenvalue weighted by atomic mass is 79.9. The maximum Gasteiger partial charge on any atom is 0.157 e.